The molecule has 1 aliphatic heterocycles. The summed E-state index contributed by atoms with van der Waals surface area (Å²) in [5.41, 5.74) is 3.57. The van der Waals surface area contributed by atoms with Gasteiger partial charge >= 0.3 is 0 Å². The molecule has 0 unspecified atom stereocenters. The van der Waals surface area contributed by atoms with E-state index >= 15 is 0 Å². The van der Waals surface area contributed by atoms with E-state index in [2.05, 4.69) is 36.0 Å². The Balaban J connectivity index is 2.15. The molecule has 0 amide bonds. The minimum atomic E-state index is 0.181. The van der Waals surface area contributed by atoms with Crippen molar-refractivity contribution in [2.24, 2.45) is 0 Å². The summed E-state index contributed by atoms with van der Waals surface area (Å²) in [4.78, 5) is 7.05. The number of hydrogen-bond acceptors (Lipinski definition) is 4. The fourth-order valence-electron chi connectivity index (χ4n) is 2.82. The van der Waals surface area contributed by atoms with Crippen LogP contribution in [0.25, 0.3) is 0 Å². The highest BCUT2D eigenvalue weighted by Gasteiger charge is 2.26. The second-order valence-electron chi connectivity index (χ2n) is 6.07. The average Bonchev–Trinajstić information content (AvgIpc) is 2.32. The van der Waals surface area contributed by atoms with E-state index in [1.54, 1.807) is 7.11 Å². The molecule has 0 atom stereocenters. The summed E-state index contributed by atoms with van der Waals surface area (Å²) in [5.74, 6) is 0.972. The zero-order valence-corrected chi connectivity index (χ0v) is 12.7. The SMILES string of the molecule is COc1c(C)cnc(CN2CCNC(C)(C)C2)c1C. The summed E-state index contributed by atoms with van der Waals surface area (Å²) in [7, 11) is 1.73. The Labute approximate surface area is 116 Å². The Hall–Kier alpha value is -1.13. The van der Waals surface area contributed by atoms with Crippen molar-refractivity contribution in [3.05, 3.63) is 23.0 Å². The standard InChI is InChI=1S/C15H25N3O/c1-11-8-16-13(12(2)14(11)19-5)9-18-7-6-17-15(3,4)10-18/h8,17H,6-7,9-10H2,1-5H3. The number of piperazine rings is 1. The normalized spacial score (nSPS) is 19.4. The highest BCUT2D eigenvalue weighted by molar-refractivity contribution is 5.41. The molecular formula is C15H25N3O. The lowest BCUT2D eigenvalue weighted by Gasteiger charge is -2.39. The van der Waals surface area contributed by atoms with Gasteiger partial charge in [-0.3, -0.25) is 9.88 Å². The van der Waals surface area contributed by atoms with Gasteiger partial charge in [-0.05, 0) is 27.7 Å². The molecule has 2 heterocycles. The minimum Gasteiger partial charge on any atom is -0.496 e. The van der Waals surface area contributed by atoms with Crippen molar-refractivity contribution >= 4 is 0 Å². The van der Waals surface area contributed by atoms with Gasteiger partial charge in [0.15, 0.2) is 0 Å². The Morgan fingerprint density at radius 3 is 2.79 bits per heavy atom. The molecular weight excluding hydrogens is 238 g/mol. The van der Waals surface area contributed by atoms with E-state index in [1.807, 2.05) is 13.1 Å². The van der Waals surface area contributed by atoms with Crippen LogP contribution in [0.1, 0.15) is 30.7 Å². The van der Waals surface area contributed by atoms with Gasteiger partial charge in [-0.15, -0.1) is 0 Å². The molecule has 1 aliphatic rings. The molecule has 4 heteroatoms. The van der Waals surface area contributed by atoms with Crippen molar-refractivity contribution in [1.82, 2.24) is 15.2 Å². The van der Waals surface area contributed by atoms with E-state index < -0.39 is 0 Å². The van der Waals surface area contributed by atoms with Crippen molar-refractivity contribution < 1.29 is 4.74 Å². The van der Waals surface area contributed by atoms with E-state index in [-0.39, 0.29) is 5.54 Å². The van der Waals surface area contributed by atoms with Crippen LogP contribution in [0.2, 0.25) is 0 Å². The van der Waals surface area contributed by atoms with E-state index in [9.17, 15) is 0 Å². The van der Waals surface area contributed by atoms with Gasteiger partial charge in [-0.2, -0.15) is 0 Å². The summed E-state index contributed by atoms with van der Waals surface area (Å²) in [6.45, 7) is 12.7. The average molecular weight is 263 g/mol. The van der Waals surface area contributed by atoms with Gasteiger partial charge in [-0.25, -0.2) is 0 Å². The molecule has 4 nitrogen and oxygen atoms in total. The predicted octanol–water partition coefficient (Wildman–Crippen LogP) is 1.89. The number of nitrogens with zero attached hydrogens (tertiary/aromatic N) is 2. The molecule has 0 bridgehead atoms. The van der Waals surface area contributed by atoms with Crippen LogP contribution in [0.3, 0.4) is 0 Å². The summed E-state index contributed by atoms with van der Waals surface area (Å²) < 4.78 is 5.48. The van der Waals surface area contributed by atoms with E-state index in [1.165, 1.54) is 5.56 Å². The van der Waals surface area contributed by atoms with Crippen molar-refractivity contribution in [2.75, 3.05) is 26.7 Å². The largest absolute Gasteiger partial charge is 0.496 e. The smallest absolute Gasteiger partial charge is 0.128 e. The van der Waals surface area contributed by atoms with Gasteiger partial charge < -0.3 is 10.1 Å². The molecule has 0 aliphatic carbocycles. The summed E-state index contributed by atoms with van der Waals surface area (Å²) in [5, 5.41) is 3.53. The number of pyridine rings is 1. The van der Waals surface area contributed by atoms with Gasteiger partial charge in [0.05, 0.1) is 12.8 Å². The first-order chi connectivity index (χ1) is 8.93. The maximum Gasteiger partial charge on any atom is 0.128 e. The number of methoxy groups -OCH3 is 1. The first-order valence-corrected chi connectivity index (χ1v) is 6.89. The third-order valence-electron chi connectivity index (χ3n) is 3.77. The molecule has 1 N–H and O–H groups in total. The first-order valence-electron chi connectivity index (χ1n) is 6.89. The fourth-order valence-corrected chi connectivity index (χ4v) is 2.82. The van der Waals surface area contributed by atoms with Gasteiger partial charge in [0.2, 0.25) is 0 Å². The van der Waals surface area contributed by atoms with Crippen LogP contribution in [0.4, 0.5) is 0 Å². The quantitative estimate of drug-likeness (QED) is 0.903. The Morgan fingerprint density at radius 1 is 1.42 bits per heavy atom. The maximum atomic E-state index is 5.48. The van der Waals surface area contributed by atoms with Gasteiger partial charge in [-0.1, -0.05) is 0 Å². The molecule has 1 fully saturated rings. The summed E-state index contributed by atoms with van der Waals surface area (Å²) in [6, 6.07) is 0. The number of aromatic nitrogens is 1. The van der Waals surface area contributed by atoms with Crippen LogP contribution in [0.15, 0.2) is 6.20 Å². The number of rotatable bonds is 3. The zero-order chi connectivity index (χ0) is 14.0. The second-order valence-corrected chi connectivity index (χ2v) is 6.07. The van der Waals surface area contributed by atoms with Gasteiger partial charge in [0, 0.05) is 49.0 Å². The van der Waals surface area contributed by atoms with Crippen LogP contribution in [0, 0.1) is 13.8 Å². The maximum absolute atomic E-state index is 5.48. The lowest BCUT2D eigenvalue weighted by atomic mass is 10.0. The third kappa shape index (κ3) is 3.25. The molecule has 2 rings (SSSR count). The number of ether oxygens (including phenoxy) is 1. The van der Waals surface area contributed by atoms with Crippen molar-refractivity contribution in [3.63, 3.8) is 0 Å². The van der Waals surface area contributed by atoms with Crippen molar-refractivity contribution in [3.8, 4) is 5.75 Å². The molecule has 0 radical (unpaired) electrons. The zero-order valence-electron chi connectivity index (χ0n) is 12.7. The second kappa shape index (κ2) is 5.47. The highest BCUT2D eigenvalue weighted by Crippen LogP contribution is 2.25. The van der Waals surface area contributed by atoms with Gasteiger partial charge in [0.1, 0.15) is 5.75 Å². The highest BCUT2D eigenvalue weighted by atomic mass is 16.5. The molecule has 1 aromatic rings. The Morgan fingerprint density at radius 2 is 2.16 bits per heavy atom. The van der Waals surface area contributed by atoms with E-state index in [0.717, 1.165) is 43.2 Å². The third-order valence-corrected chi connectivity index (χ3v) is 3.77. The summed E-state index contributed by atoms with van der Waals surface area (Å²) >= 11 is 0. The monoisotopic (exact) mass is 263 g/mol. The molecule has 0 aromatic carbocycles. The van der Waals surface area contributed by atoms with E-state index in [4.69, 9.17) is 4.74 Å². The van der Waals surface area contributed by atoms with Crippen LogP contribution >= 0.6 is 0 Å². The van der Waals surface area contributed by atoms with E-state index in [0.29, 0.717) is 0 Å². The van der Waals surface area contributed by atoms with Crippen molar-refractivity contribution in [1.29, 1.82) is 0 Å². The predicted molar refractivity (Wildman–Crippen MR) is 77.6 cm³/mol. The molecule has 106 valence electrons. The van der Waals surface area contributed by atoms with Crippen LogP contribution in [-0.2, 0) is 6.54 Å². The fraction of sp³-hybridized carbons (Fsp3) is 0.667. The Bertz CT molecular complexity index is 457. The van der Waals surface area contributed by atoms with Crippen LogP contribution in [-0.4, -0.2) is 42.2 Å². The Kier molecular flexibility index (Phi) is 4.11. The topological polar surface area (TPSA) is 37.4 Å². The lowest BCUT2D eigenvalue weighted by Crippen LogP contribution is -2.56. The molecule has 0 spiro atoms. The van der Waals surface area contributed by atoms with Crippen molar-refractivity contribution in [2.45, 2.75) is 39.8 Å². The molecule has 0 saturated carbocycles. The molecule has 1 saturated heterocycles. The minimum absolute atomic E-state index is 0.181. The molecule has 1 aromatic heterocycles. The van der Waals surface area contributed by atoms with Crippen LogP contribution < -0.4 is 10.1 Å². The van der Waals surface area contributed by atoms with Gasteiger partial charge in [0.25, 0.3) is 0 Å². The number of nitrogens with one attached hydrogen (secondary N) is 1. The molecule has 19 heavy (non-hydrogen) atoms. The number of aryl methyl sites for hydroxylation is 1. The lowest BCUT2D eigenvalue weighted by molar-refractivity contribution is 0.146. The van der Waals surface area contributed by atoms with Crippen LogP contribution in [0.5, 0.6) is 5.75 Å². The summed E-state index contributed by atoms with van der Waals surface area (Å²) in [6.07, 6.45) is 1.91. The number of hydrogen-bond donors (Lipinski definition) is 1. The first kappa shape index (κ1) is 14.3.